The van der Waals surface area contributed by atoms with E-state index in [1.807, 2.05) is 24.1 Å². The van der Waals surface area contributed by atoms with E-state index in [9.17, 15) is 0 Å². The Hall–Kier alpha value is -1.97. The van der Waals surface area contributed by atoms with Crippen molar-refractivity contribution in [1.29, 1.82) is 0 Å². The summed E-state index contributed by atoms with van der Waals surface area (Å²) in [5.41, 5.74) is 5.05. The van der Waals surface area contributed by atoms with Crippen molar-refractivity contribution in [2.45, 2.75) is 26.3 Å². The molecule has 1 saturated heterocycles. The van der Waals surface area contributed by atoms with Crippen molar-refractivity contribution in [1.82, 2.24) is 9.55 Å². The Bertz CT molecular complexity index is 582. The first-order chi connectivity index (χ1) is 9.74. The van der Waals surface area contributed by atoms with Crippen LogP contribution < -0.4 is 10.2 Å². The minimum absolute atomic E-state index is 0.806. The quantitative estimate of drug-likeness (QED) is 0.927. The lowest BCUT2D eigenvalue weighted by Gasteiger charge is -2.19. The molecule has 1 aromatic carbocycles. The van der Waals surface area contributed by atoms with Crippen molar-refractivity contribution in [3.63, 3.8) is 0 Å². The molecule has 1 N–H and O–H groups in total. The zero-order valence-corrected chi connectivity index (χ0v) is 12.3. The highest BCUT2D eigenvalue weighted by Gasteiger charge is 2.13. The van der Waals surface area contributed by atoms with Gasteiger partial charge in [-0.2, -0.15) is 0 Å². The average Bonchev–Trinajstić information content (AvgIpc) is 3.09. The summed E-state index contributed by atoms with van der Waals surface area (Å²) in [6, 6.07) is 6.71. The van der Waals surface area contributed by atoms with Gasteiger partial charge >= 0.3 is 0 Å². The van der Waals surface area contributed by atoms with Gasteiger partial charge in [-0.3, -0.25) is 0 Å². The van der Waals surface area contributed by atoms with Gasteiger partial charge < -0.3 is 14.8 Å². The molecule has 0 radical (unpaired) electrons. The molecule has 0 atom stereocenters. The molecule has 1 aromatic heterocycles. The largest absolute Gasteiger partial charge is 0.379 e. The lowest BCUT2D eigenvalue weighted by Crippen LogP contribution is -2.17. The van der Waals surface area contributed by atoms with Gasteiger partial charge in [0.25, 0.3) is 0 Å². The number of aromatic nitrogens is 2. The van der Waals surface area contributed by atoms with E-state index >= 15 is 0 Å². The van der Waals surface area contributed by atoms with Crippen LogP contribution in [-0.2, 0) is 13.6 Å². The fourth-order valence-electron chi connectivity index (χ4n) is 2.76. The number of anilines is 2. The maximum absolute atomic E-state index is 4.14. The molecule has 0 unspecified atom stereocenters. The lowest BCUT2D eigenvalue weighted by molar-refractivity contribution is 0.837. The maximum atomic E-state index is 4.14. The Labute approximate surface area is 120 Å². The average molecular weight is 270 g/mol. The summed E-state index contributed by atoms with van der Waals surface area (Å²) in [6.07, 6.45) is 6.38. The van der Waals surface area contributed by atoms with Crippen molar-refractivity contribution < 1.29 is 0 Å². The second-order valence-corrected chi connectivity index (χ2v) is 5.54. The predicted octanol–water partition coefficient (Wildman–Crippen LogP) is 2.94. The van der Waals surface area contributed by atoms with Crippen LogP contribution in [-0.4, -0.2) is 22.6 Å². The topological polar surface area (TPSA) is 33.1 Å². The van der Waals surface area contributed by atoms with Crippen molar-refractivity contribution >= 4 is 11.4 Å². The number of hydrogen-bond acceptors (Lipinski definition) is 3. The number of aryl methyl sites for hydroxylation is 2. The SMILES string of the molecule is Cc1cc(N2CCCC2)ccc1NCc1cncn1C. The molecule has 106 valence electrons. The standard InChI is InChI=1S/C16H22N4/c1-13-9-14(20-7-3-4-8-20)5-6-16(13)18-11-15-10-17-12-19(15)2/h5-6,9-10,12,18H,3-4,7-8,11H2,1-2H3. The molecule has 0 bridgehead atoms. The first kappa shape index (κ1) is 13.0. The van der Waals surface area contributed by atoms with Crippen molar-refractivity contribution in [2.24, 2.45) is 7.05 Å². The third-order valence-corrected chi connectivity index (χ3v) is 4.06. The molecule has 2 heterocycles. The number of hydrogen-bond donors (Lipinski definition) is 1. The second-order valence-electron chi connectivity index (χ2n) is 5.54. The summed E-state index contributed by atoms with van der Waals surface area (Å²) in [6.45, 7) is 5.37. The van der Waals surface area contributed by atoms with Crippen LogP contribution in [0.3, 0.4) is 0 Å². The molecular formula is C16H22N4. The van der Waals surface area contributed by atoms with Gasteiger partial charge in [-0.1, -0.05) is 0 Å². The molecule has 1 aliphatic rings. The monoisotopic (exact) mass is 270 g/mol. The molecule has 4 heteroatoms. The van der Waals surface area contributed by atoms with Gasteiger partial charge in [0.2, 0.25) is 0 Å². The van der Waals surface area contributed by atoms with Crippen LogP contribution >= 0.6 is 0 Å². The Morgan fingerprint density at radius 1 is 1.25 bits per heavy atom. The van der Waals surface area contributed by atoms with Gasteiger partial charge in [0.1, 0.15) is 0 Å². The minimum atomic E-state index is 0.806. The van der Waals surface area contributed by atoms with Gasteiger partial charge in [0.15, 0.2) is 0 Å². The molecule has 1 aliphatic heterocycles. The van der Waals surface area contributed by atoms with Gasteiger partial charge in [-0.05, 0) is 43.5 Å². The van der Waals surface area contributed by atoms with E-state index in [1.165, 1.54) is 48.6 Å². The first-order valence-corrected chi connectivity index (χ1v) is 7.29. The van der Waals surface area contributed by atoms with E-state index < -0.39 is 0 Å². The highest BCUT2D eigenvalue weighted by atomic mass is 15.1. The highest BCUT2D eigenvalue weighted by molar-refractivity contribution is 5.60. The normalized spacial score (nSPS) is 14.8. The molecule has 20 heavy (non-hydrogen) atoms. The van der Waals surface area contributed by atoms with Crippen LogP contribution in [0, 0.1) is 6.92 Å². The molecule has 0 spiro atoms. The molecule has 4 nitrogen and oxygen atoms in total. The first-order valence-electron chi connectivity index (χ1n) is 7.29. The minimum Gasteiger partial charge on any atom is -0.379 e. The van der Waals surface area contributed by atoms with Crippen LogP contribution in [0.2, 0.25) is 0 Å². The van der Waals surface area contributed by atoms with Gasteiger partial charge in [-0.15, -0.1) is 0 Å². The molecule has 0 aliphatic carbocycles. The summed E-state index contributed by atoms with van der Waals surface area (Å²) in [5, 5.41) is 3.49. The van der Waals surface area contributed by atoms with E-state index in [0.29, 0.717) is 0 Å². The zero-order chi connectivity index (χ0) is 13.9. The van der Waals surface area contributed by atoms with E-state index in [-0.39, 0.29) is 0 Å². The van der Waals surface area contributed by atoms with Gasteiger partial charge in [0, 0.05) is 37.7 Å². The number of benzene rings is 1. The second kappa shape index (κ2) is 5.57. The Balaban J connectivity index is 1.69. The van der Waals surface area contributed by atoms with E-state index in [1.54, 1.807) is 0 Å². The molecule has 0 amide bonds. The molecular weight excluding hydrogens is 248 g/mol. The number of rotatable bonds is 4. The molecule has 0 saturated carbocycles. The third kappa shape index (κ3) is 2.64. The highest BCUT2D eigenvalue weighted by Crippen LogP contribution is 2.25. The van der Waals surface area contributed by atoms with Crippen LogP contribution in [0.1, 0.15) is 24.1 Å². The predicted molar refractivity (Wildman–Crippen MR) is 83.2 cm³/mol. The van der Waals surface area contributed by atoms with Crippen LogP contribution in [0.5, 0.6) is 0 Å². The zero-order valence-electron chi connectivity index (χ0n) is 12.3. The Kier molecular flexibility index (Phi) is 3.63. The summed E-state index contributed by atoms with van der Waals surface area (Å²) in [7, 11) is 2.02. The van der Waals surface area contributed by atoms with Gasteiger partial charge in [0.05, 0.1) is 18.6 Å². The van der Waals surface area contributed by atoms with Crippen molar-refractivity contribution in [3.05, 3.63) is 42.0 Å². The molecule has 3 rings (SSSR count). The Morgan fingerprint density at radius 2 is 2.05 bits per heavy atom. The third-order valence-electron chi connectivity index (χ3n) is 4.06. The number of nitrogens with zero attached hydrogens (tertiary/aromatic N) is 3. The van der Waals surface area contributed by atoms with E-state index in [2.05, 4.69) is 40.3 Å². The summed E-state index contributed by atoms with van der Waals surface area (Å²) in [4.78, 5) is 6.61. The number of nitrogens with one attached hydrogen (secondary N) is 1. The summed E-state index contributed by atoms with van der Waals surface area (Å²) in [5.74, 6) is 0. The molecule has 2 aromatic rings. The lowest BCUT2D eigenvalue weighted by atomic mass is 10.1. The smallest absolute Gasteiger partial charge is 0.0946 e. The van der Waals surface area contributed by atoms with Crippen molar-refractivity contribution in [3.8, 4) is 0 Å². The maximum Gasteiger partial charge on any atom is 0.0946 e. The van der Waals surface area contributed by atoms with Gasteiger partial charge in [-0.25, -0.2) is 4.98 Å². The summed E-state index contributed by atoms with van der Waals surface area (Å²) < 4.78 is 2.04. The van der Waals surface area contributed by atoms with Crippen LogP contribution in [0.4, 0.5) is 11.4 Å². The molecule has 1 fully saturated rings. The fourth-order valence-corrected chi connectivity index (χ4v) is 2.76. The van der Waals surface area contributed by atoms with Crippen LogP contribution in [0.15, 0.2) is 30.7 Å². The number of imidazole rings is 1. The van der Waals surface area contributed by atoms with Crippen LogP contribution in [0.25, 0.3) is 0 Å². The fraction of sp³-hybridized carbons (Fsp3) is 0.438. The van der Waals surface area contributed by atoms with E-state index in [4.69, 9.17) is 0 Å². The van der Waals surface area contributed by atoms with Crippen molar-refractivity contribution in [2.75, 3.05) is 23.3 Å². The van der Waals surface area contributed by atoms with E-state index in [0.717, 1.165) is 6.54 Å². The Morgan fingerprint density at radius 3 is 2.70 bits per heavy atom. The summed E-state index contributed by atoms with van der Waals surface area (Å²) >= 11 is 0.